The fraction of sp³-hybridized carbons (Fsp3) is 0.667. The molecule has 0 bridgehead atoms. The van der Waals surface area contributed by atoms with Crippen LogP contribution < -0.4 is 5.32 Å². The molecule has 1 aliphatic carbocycles. The van der Waals surface area contributed by atoms with E-state index in [0.29, 0.717) is 25.1 Å². The number of ether oxygens (including phenoxy) is 1. The molecule has 8 heteroatoms. The number of thioether (sulfide) groups is 1. The van der Waals surface area contributed by atoms with Crippen LogP contribution in [-0.4, -0.2) is 44.9 Å². The second kappa shape index (κ2) is 10.4. The Balaban J connectivity index is 1.93. The molecule has 1 fully saturated rings. The molecular weight excluding hydrogens is 354 g/mol. The van der Waals surface area contributed by atoms with E-state index in [9.17, 15) is 14.4 Å². The van der Waals surface area contributed by atoms with Gasteiger partial charge in [0.2, 0.25) is 5.91 Å². The van der Waals surface area contributed by atoms with Crippen LogP contribution in [0.4, 0.5) is 0 Å². The fourth-order valence-corrected chi connectivity index (χ4v) is 4.08. The number of hydrogen-bond donors (Lipinski definition) is 2. The van der Waals surface area contributed by atoms with Gasteiger partial charge in [0.05, 0.1) is 18.6 Å². The van der Waals surface area contributed by atoms with Crippen LogP contribution in [0.5, 0.6) is 0 Å². The number of amides is 1. The zero-order valence-corrected chi connectivity index (χ0v) is 16.1. The van der Waals surface area contributed by atoms with Crippen LogP contribution in [0.2, 0.25) is 0 Å². The number of carbonyl (C=O) groups excluding carboxylic acids is 3. The summed E-state index contributed by atoms with van der Waals surface area (Å²) >= 11 is 1.30. The molecule has 3 atom stereocenters. The number of esters is 1. The molecule has 1 aromatic heterocycles. The molecule has 1 amide bonds. The second-order valence-corrected chi connectivity index (χ2v) is 8.07. The van der Waals surface area contributed by atoms with Crippen LogP contribution in [0.3, 0.4) is 0 Å². The van der Waals surface area contributed by atoms with Crippen LogP contribution in [0.1, 0.15) is 51.6 Å². The lowest BCUT2D eigenvalue weighted by molar-refractivity contribution is -0.148. The minimum Gasteiger partial charge on any atom is -0.464 e. The van der Waals surface area contributed by atoms with Crippen molar-refractivity contribution in [2.45, 2.75) is 63.7 Å². The molecule has 144 valence electrons. The van der Waals surface area contributed by atoms with E-state index >= 15 is 0 Å². The number of carbonyl (C=O) groups is 3. The predicted molar refractivity (Wildman–Crippen MR) is 99.5 cm³/mol. The molecule has 0 spiro atoms. The maximum atomic E-state index is 12.6. The van der Waals surface area contributed by atoms with Crippen molar-refractivity contribution in [3.05, 3.63) is 18.2 Å². The Hall–Kier alpha value is -1.83. The van der Waals surface area contributed by atoms with Gasteiger partial charge < -0.3 is 15.0 Å². The van der Waals surface area contributed by atoms with Crippen LogP contribution in [0.15, 0.2) is 12.5 Å². The molecule has 2 unspecified atom stereocenters. The number of imidazole rings is 1. The Morgan fingerprint density at radius 3 is 2.88 bits per heavy atom. The van der Waals surface area contributed by atoms with Gasteiger partial charge in [-0.25, -0.2) is 9.78 Å². The largest absolute Gasteiger partial charge is 0.464 e. The van der Waals surface area contributed by atoms with Crippen molar-refractivity contribution in [3.63, 3.8) is 0 Å². The summed E-state index contributed by atoms with van der Waals surface area (Å²) in [6.45, 7) is 3.92. The third kappa shape index (κ3) is 6.48. The average molecular weight is 381 g/mol. The van der Waals surface area contributed by atoms with Crippen molar-refractivity contribution in [3.8, 4) is 0 Å². The van der Waals surface area contributed by atoms with Crippen LogP contribution in [-0.2, 0) is 25.5 Å². The average Bonchev–Trinajstić information content (AvgIpc) is 3.25. The van der Waals surface area contributed by atoms with E-state index in [1.165, 1.54) is 18.1 Å². The van der Waals surface area contributed by atoms with E-state index in [4.69, 9.17) is 4.74 Å². The molecule has 1 saturated carbocycles. The monoisotopic (exact) mass is 381 g/mol. The lowest BCUT2D eigenvalue weighted by Gasteiger charge is -2.19. The molecule has 0 radical (unpaired) electrons. The first-order valence-corrected chi connectivity index (χ1v) is 9.99. The third-order valence-electron chi connectivity index (χ3n) is 4.40. The minimum absolute atomic E-state index is 0.0759. The van der Waals surface area contributed by atoms with Crippen molar-refractivity contribution < 1.29 is 19.1 Å². The molecule has 1 aromatic rings. The van der Waals surface area contributed by atoms with E-state index in [0.717, 1.165) is 25.7 Å². The molecule has 2 N–H and O–H groups in total. The molecule has 26 heavy (non-hydrogen) atoms. The molecule has 2 rings (SSSR count). The smallest absolute Gasteiger partial charge is 0.329 e. The predicted octanol–water partition coefficient (Wildman–Crippen LogP) is 2.23. The number of nitrogens with zero attached hydrogens (tertiary/aromatic N) is 1. The maximum absolute atomic E-state index is 12.6. The lowest BCUT2D eigenvalue weighted by Crippen LogP contribution is -2.45. The van der Waals surface area contributed by atoms with Crippen LogP contribution >= 0.6 is 11.8 Å². The summed E-state index contributed by atoms with van der Waals surface area (Å²) in [6.07, 6.45) is 7.49. The highest BCUT2D eigenvalue weighted by Gasteiger charge is 2.33. The summed E-state index contributed by atoms with van der Waals surface area (Å²) in [4.78, 5) is 43.2. The van der Waals surface area contributed by atoms with E-state index in [-0.39, 0.29) is 22.2 Å². The highest BCUT2D eigenvalue weighted by molar-refractivity contribution is 8.14. The topological polar surface area (TPSA) is 101 Å². The van der Waals surface area contributed by atoms with Gasteiger partial charge in [0.1, 0.15) is 6.04 Å². The van der Waals surface area contributed by atoms with Gasteiger partial charge in [-0.15, -0.1) is 0 Å². The number of hydrogen-bond acceptors (Lipinski definition) is 6. The van der Waals surface area contributed by atoms with Gasteiger partial charge in [-0.1, -0.05) is 25.1 Å². The standard InChI is InChI=1S/C18H27N3O4S/c1-3-4-7-25-18(24)16(9-14-10-19-11-20-14)21-17(23)13-5-6-15(8-13)26-12(2)22/h10-11,13,15-16H,3-9H2,1-2H3,(H,19,20)(H,21,23)/t13?,15?,16-/m0/s1. The van der Waals surface area contributed by atoms with Crippen LogP contribution in [0, 0.1) is 5.92 Å². The van der Waals surface area contributed by atoms with E-state index in [1.54, 1.807) is 13.1 Å². The summed E-state index contributed by atoms with van der Waals surface area (Å²) in [5.41, 5.74) is 0.694. The van der Waals surface area contributed by atoms with Gasteiger partial charge in [0.25, 0.3) is 0 Å². The SMILES string of the molecule is CCCCOC(=O)[C@H](Cc1c[nH]cn1)NC(=O)C1CCC(SC(C)=O)C1. The van der Waals surface area contributed by atoms with Crippen LogP contribution in [0.25, 0.3) is 0 Å². The molecule has 0 saturated heterocycles. The Morgan fingerprint density at radius 1 is 1.42 bits per heavy atom. The second-order valence-electron chi connectivity index (χ2n) is 6.59. The third-order valence-corrected chi connectivity index (χ3v) is 5.49. The maximum Gasteiger partial charge on any atom is 0.329 e. The number of aromatic nitrogens is 2. The van der Waals surface area contributed by atoms with E-state index in [2.05, 4.69) is 15.3 Å². The van der Waals surface area contributed by atoms with Crippen molar-refractivity contribution in [2.75, 3.05) is 6.61 Å². The zero-order valence-electron chi connectivity index (χ0n) is 15.3. The highest BCUT2D eigenvalue weighted by Crippen LogP contribution is 2.34. The van der Waals surface area contributed by atoms with Gasteiger partial charge >= 0.3 is 5.97 Å². The van der Waals surface area contributed by atoms with Gasteiger partial charge in [0.15, 0.2) is 5.12 Å². The fourth-order valence-electron chi connectivity index (χ4n) is 3.03. The number of aromatic amines is 1. The molecule has 7 nitrogen and oxygen atoms in total. The molecule has 1 aliphatic rings. The normalized spacial score (nSPS) is 20.5. The Morgan fingerprint density at radius 2 is 2.23 bits per heavy atom. The quantitative estimate of drug-likeness (QED) is 0.502. The first-order chi connectivity index (χ1) is 12.5. The Labute approximate surface area is 158 Å². The lowest BCUT2D eigenvalue weighted by atomic mass is 10.1. The van der Waals surface area contributed by atoms with Crippen molar-refractivity contribution in [1.82, 2.24) is 15.3 Å². The number of H-pyrrole nitrogens is 1. The van der Waals surface area contributed by atoms with Gasteiger partial charge in [0, 0.05) is 30.7 Å². The Kier molecular flexibility index (Phi) is 8.15. The van der Waals surface area contributed by atoms with E-state index < -0.39 is 12.0 Å². The number of rotatable bonds is 9. The van der Waals surface area contributed by atoms with Gasteiger partial charge in [-0.3, -0.25) is 9.59 Å². The minimum atomic E-state index is -0.748. The molecule has 0 aromatic carbocycles. The van der Waals surface area contributed by atoms with E-state index in [1.807, 2.05) is 6.92 Å². The first kappa shape index (κ1) is 20.5. The Bertz CT molecular complexity index is 606. The van der Waals surface area contributed by atoms with Crippen molar-refractivity contribution in [2.24, 2.45) is 5.92 Å². The zero-order chi connectivity index (χ0) is 18.9. The van der Waals surface area contributed by atoms with Crippen molar-refractivity contribution >= 4 is 28.8 Å². The number of nitrogens with one attached hydrogen (secondary N) is 2. The summed E-state index contributed by atoms with van der Waals surface area (Å²) in [5.74, 6) is -0.746. The first-order valence-electron chi connectivity index (χ1n) is 9.11. The summed E-state index contributed by atoms with van der Waals surface area (Å²) in [5, 5.41) is 3.10. The molecular formula is C18H27N3O4S. The van der Waals surface area contributed by atoms with Gasteiger partial charge in [-0.05, 0) is 25.7 Å². The summed E-state index contributed by atoms with van der Waals surface area (Å²) in [6, 6.07) is -0.748. The summed E-state index contributed by atoms with van der Waals surface area (Å²) < 4.78 is 5.29. The van der Waals surface area contributed by atoms with Gasteiger partial charge in [-0.2, -0.15) is 0 Å². The number of unbranched alkanes of at least 4 members (excludes halogenated alkanes) is 1. The highest BCUT2D eigenvalue weighted by atomic mass is 32.2. The van der Waals surface area contributed by atoms with Crippen molar-refractivity contribution in [1.29, 1.82) is 0 Å². The summed E-state index contributed by atoms with van der Waals surface area (Å²) in [7, 11) is 0. The molecule has 0 aliphatic heterocycles. The molecule has 1 heterocycles.